The van der Waals surface area contributed by atoms with Crippen molar-refractivity contribution in [1.82, 2.24) is 0 Å². The highest BCUT2D eigenvalue weighted by atomic mass is 14.7. The molecule has 1 nitrogen and oxygen atoms in total. The van der Waals surface area contributed by atoms with Crippen molar-refractivity contribution in [3.63, 3.8) is 0 Å². The minimum atomic E-state index is 0.958. The lowest BCUT2D eigenvalue weighted by Gasteiger charge is -1.98. The van der Waals surface area contributed by atoms with Crippen molar-refractivity contribution in [3.8, 4) is 0 Å². The van der Waals surface area contributed by atoms with Crippen molar-refractivity contribution in [3.05, 3.63) is 48.6 Å². The molecule has 1 heteroatoms. The maximum atomic E-state index is 4.37. The van der Waals surface area contributed by atoms with Gasteiger partial charge in [0.05, 0.1) is 5.69 Å². The molecule has 0 aliphatic carbocycles. The van der Waals surface area contributed by atoms with E-state index in [1.165, 1.54) is 0 Å². The van der Waals surface area contributed by atoms with Crippen LogP contribution in [0, 0.1) is 0 Å². The summed E-state index contributed by atoms with van der Waals surface area (Å²) in [6, 6.07) is 8.05. The van der Waals surface area contributed by atoms with E-state index >= 15 is 0 Å². The summed E-state index contributed by atoms with van der Waals surface area (Å²) in [7, 11) is 0. The van der Waals surface area contributed by atoms with Crippen LogP contribution in [0.2, 0.25) is 0 Å². The molecule has 0 saturated carbocycles. The largest absolute Gasteiger partial charge is 0.261 e. The van der Waals surface area contributed by atoms with Crippen LogP contribution in [0.3, 0.4) is 0 Å². The standard InChI is InChI=1S/C13H15N/c1-3-5-8-12-9-6-7-10-13(12)14-11-4-2/h3,5-11H,1,4H2,2H3/b8-5-,14-11?. The molecule has 0 heterocycles. The average molecular weight is 185 g/mol. The van der Waals surface area contributed by atoms with Crippen LogP contribution >= 0.6 is 0 Å². The zero-order valence-electron chi connectivity index (χ0n) is 8.48. The molecule has 0 unspecified atom stereocenters. The van der Waals surface area contributed by atoms with Crippen LogP contribution in [0.15, 0.2) is 48.0 Å². The van der Waals surface area contributed by atoms with E-state index in [9.17, 15) is 0 Å². The van der Waals surface area contributed by atoms with E-state index in [-0.39, 0.29) is 0 Å². The number of para-hydroxylation sites is 1. The fourth-order valence-corrected chi connectivity index (χ4v) is 1.11. The Morgan fingerprint density at radius 1 is 1.36 bits per heavy atom. The molecule has 0 aromatic heterocycles. The average Bonchev–Trinajstić information content (AvgIpc) is 2.24. The van der Waals surface area contributed by atoms with Gasteiger partial charge in [-0.15, -0.1) is 0 Å². The van der Waals surface area contributed by atoms with Crippen LogP contribution < -0.4 is 0 Å². The Morgan fingerprint density at radius 2 is 2.14 bits per heavy atom. The number of aliphatic imine (C=N–C) groups is 1. The van der Waals surface area contributed by atoms with Crippen molar-refractivity contribution >= 4 is 18.0 Å². The first kappa shape index (κ1) is 10.5. The second kappa shape index (κ2) is 5.92. The maximum absolute atomic E-state index is 4.37. The van der Waals surface area contributed by atoms with Crippen LogP contribution in [0.1, 0.15) is 18.9 Å². The van der Waals surface area contributed by atoms with Gasteiger partial charge in [0.15, 0.2) is 0 Å². The zero-order valence-corrected chi connectivity index (χ0v) is 8.48. The van der Waals surface area contributed by atoms with Gasteiger partial charge < -0.3 is 0 Å². The minimum absolute atomic E-state index is 0.958. The molecule has 0 N–H and O–H groups in total. The third-order valence-corrected chi connectivity index (χ3v) is 1.76. The summed E-state index contributed by atoms with van der Waals surface area (Å²) in [6.45, 7) is 5.72. The third kappa shape index (κ3) is 3.02. The van der Waals surface area contributed by atoms with Gasteiger partial charge in [-0.1, -0.05) is 49.9 Å². The predicted molar refractivity (Wildman–Crippen MR) is 64.1 cm³/mol. The Kier molecular flexibility index (Phi) is 4.42. The Morgan fingerprint density at radius 3 is 2.86 bits per heavy atom. The molecule has 72 valence electrons. The van der Waals surface area contributed by atoms with Crippen LogP contribution in [0.5, 0.6) is 0 Å². The lowest BCUT2D eigenvalue weighted by Crippen LogP contribution is -1.74. The normalized spacial score (nSPS) is 11.2. The smallest absolute Gasteiger partial charge is 0.0698 e. The van der Waals surface area contributed by atoms with E-state index < -0.39 is 0 Å². The molecule has 0 spiro atoms. The van der Waals surface area contributed by atoms with Crippen LogP contribution in [0.4, 0.5) is 5.69 Å². The highest BCUT2D eigenvalue weighted by Crippen LogP contribution is 2.19. The predicted octanol–water partition coefficient (Wildman–Crippen LogP) is 4.00. The number of benzene rings is 1. The monoisotopic (exact) mass is 185 g/mol. The Bertz CT molecular complexity index is 348. The Labute approximate surface area is 85.5 Å². The molecule has 0 atom stereocenters. The summed E-state index contributed by atoms with van der Waals surface area (Å²) in [6.07, 6.45) is 8.57. The van der Waals surface area contributed by atoms with Gasteiger partial charge in [-0.25, -0.2) is 0 Å². The first-order valence-corrected chi connectivity index (χ1v) is 4.79. The van der Waals surface area contributed by atoms with Crippen LogP contribution in [0.25, 0.3) is 6.08 Å². The van der Waals surface area contributed by atoms with Crippen LogP contribution in [-0.2, 0) is 0 Å². The quantitative estimate of drug-likeness (QED) is 0.496. The van der Waals surface area contributed by atoms with Crippen molar-refractivity contribution in [2.45, 2.75) is 13.3 Å². The van der Waals surface area contributed by atoms with Gasteiger partial charge in [0.2, 0.25) is 0 Å². The number of rotatable bonds is 4. The summed E-state index contributed by atoms with van der Waals surface area (Å²) in [5.74, 6) is 0. The highest BCUT2D eigenvalue weighted by molar-refractivity contribution is 5.70. The Balaban J connectivity index is 2.96. The lowest BCUT2D eigenvalue weighted by atomic mass is 10.1. The minimum Gasteiger partial charge on any atom is -0.261 e. The van der Waals surface area contributed by atoms with Gasteiger partial charge >= 0.3 is 0 Å². The van der Waals surface area contributed by atoms with Gasteiger partial charge in [0, 0.05) is 11.8 Å². The van der Waals surface area contributed by atoms with Gasteiger partial charge in [0.1, 0.15) is 0 Å². The Hall–Kier alpha value is -1.63. The number of nitrogens with zero attached hydrogens (tertiary/aromatic N) is 1. The molecule has 0 bridgehead atoms. The van der Waals surface area contributed by atoms with E-state index in [1.807, 2.05) is 42.6 Å². The molecule has 0 radical (unpaired) electrons. The lowest BCUT2D eigenvalue weighted by molar-refractivity contribution is 1.31. The maximum Gasteiger partial charge on any atom is 0.0698 e. The van der Waals surface area contributed by atoms with Crippen molar-refractivity contribution in [2.75, 3.05) is 0 Å². The summed E-state index contributed by atoms with van der Waals surface area (Å²) in [5.41, 5.74) is 2.13. The SMILES string of the molecule is C=C/C=C\c1ccccc1N=CCC. The number of allylic oxidation sites excluding steroid dienone is 2. The molecule has 0 fully saturated rings. The molecule has 14 heavy (non-hydrogen) atoms. The third-order valence-electron chi connectivity index (χ3n) is 1.76. The van der Waals surface area contributed by atoms with Crippen molar-refractivity contribution < 1.29 is 0 Å². The summed E-state index contributed by atoms with van der Waals surface area (Å²) < 4.78 is 0. The fourth-order valence-electron chi connectivity index (χ4n) is 1.11. The first-order chi connectivity index (χ1) is 6.88. The molecule has 1 rings (SSSR count). The highest BCUT2D eigenvalue weighted by Gasteiger charge is 1.93. The van der Waals surface area contributed by atoms with Gasteiger partial charge in [-0.3, -0.25) is 4.99 Å². The molecule has 0 aliphatic heterocycles. The van der Waals surface area contributed by atoms with E-state index in [4.69, 9.17) is 0 Å². The molecular weight excluding hydrogens is 170 g/mol. The van der Waals surface area contributed by atoms with Crippen molar-refractivity contribution in [2.24, 2.45) is 4.99 Å². The summed E-state index contributed by atoms with van der Waals surface area (Å²) in [5, 5.41) is 0. The van der Waals surface area contributed by atoms with Gasteiger partial charge in [-0.05, 0) is 12.5 Å². The van der Waals surface area contributed by atoms with Crippen molar-refractivity contribution in [1.29, 1.82) is 0 Å². The second-order valence-electron chi connectivity index (χ2n) is 2.87. The molecule has 0 amide bonds. The van der Waals surface area contributed by atoms with E-state index in [0.717, 1.165) is 17.7 Å². The second-order valence-corrected chi connectivity index (χ2v) is 2.87. The molecule has 1 aromatic carbocycles. The molecule has 0 saturated heterocycles. The molecule has 1 aromatic rings. The van der Waals surface area contributed by atoms with Gasteiger partial charge in [0.25, 0.3) is 0 Å². The van der Waals surface area contributed by atoms with Gasteiger partial charge in [-0.2, -0.15) is 0 Å². The zero-order chi connectivity index (χ0) is 10.2. The van der Waals surface area contributed by atoms with E-state index in [0.29, 0.717) is 0 Å². The summed E-state index contributed by atoms with van der Waals surface area (Å²) >= 11 is 0. The summed E-state index contributed by atoms with van der Waals surface area (Å²) in [4.78, 5) is 4.37. The molecular formula is C13H15N. The van der Waals surface area contributed by atoms with Crippen LogP contribution in [-0.4, -0.2) is 6.21 Å². The topological polar surface area (TPSA) is 12.4 Å². The number of hydrogen-bond acceptors (Lipinski definition) is 1. The number of hydrogen-bond donors (Lipinski definition) is 0. The van der Waals surface area contributed by atoms with E-state index in [2.05, 4.69) is 18.5 Å². The molecule has 0 aliphatic rings. The first-order valence-electron chi connectivity index (χ1n) is 4.79. The van der Waals surface area contributed by atoms with E-state index in [1.54, 1.807) is 6.08 Å². The fraction of sp³-hybridized carbons (Fsp3) is 0.154.